The average Bonchev–Trinajstić information content (AvgIpc) is 2.82. The van der Waals surface area contributed by atoms with E-state index in [4.69, 9.17) is 0 Å². The summed E-state index contributed by atoms with van der Waals surface area (Å²) in [7, 11) is 0. The molecular weight excluding hydrogens is 388 g/mol. The number of pyridine rings is 1. The Kier molecular flexibility index (Phi) is 6.38. The summed E-state index contributed by atoms with van der Waals surface area (Å²) in [5.41, 5.74) is 3.26. The number of nitrogens with zero attached hydrogens (tertiary/aromatic N) is 3. The minimum Gasteiger partial charge on any atom is -0.332 e. The minimum absolute atomic E-state index is 0.115. The molecule has 1 aliphatic heterocycles. The van der Waals surface area contributed by atoms with Crippen molar-refractivity contribution in [2.75, 3.05) is 31.5 Å². The highest BCUT2D eigenvalue weighted by atomic mass is 16.2. The van der Waals surface area contributed by atoms with Gasteiger partial charge in [-0.3, -0.25) is 14.5 Å². The Morgan fingerprint density at radius 1 is 0.839 bits per heavy atom. The zero-order valence-corrected chi connectivity index (χ0v) is 17.6. The Balaban J connectivity index is 1.43. The van der Waals surface area contributed by atoms with Crippen LogP contribution in [0.3, 0.4) is 0 Å². The molecule has 1 saturated heterocycles. The van der Waals surface area contributed by atoms with Crippen molar-refractivity contribution in [2.45, 2.75) is 13.0 Å². The third-order valence-corrected chi connectivity index (χ3v) is 5.63. The van der Waals surface area contributed by atoms with Crippen LogP contribution >= 0.6 is 0 Å². The SMILES string of the molecule is Cc1cccnc1NC(=O)C(=O)N1CCN(C(c2ccccc2)c2ccccc2)CC1. The van der Waals surface area contributed by atoms with Gasteiger partial charge < -0.3 is 10.2 Å². The molecule has 6 heteroatoms. The van der Waals surface area contributed by atoms with E-state index in [0.29, 0.717) is 32.0 Å². The Labute approximate surface area is 182 Å². The molecule has 1 aliphatic rings. The van der Waals surface area contributed by atoms with Crippen LogP contribution < -0.4 is 5.32 Å². The van der Waals surface area contributed by atoms with Crippen molar-refractivity contribution in [2.24, 2.45) is 0 Å². The molecule has 3 aromatic rings. The van der Waals surface area contributed by atoms with Crippen molar-refractivity contribution in [3.05, 3.63) is 95.7 Å². The van der Waals surface area contributed by atoms with Crippen LogP contribution in [-0.2, 0) is 9.59 Å². The monoisotopic (exact) mass is 414 g/mol. The van der Waals surface area contributed by atoms with Gasteiger partial charge in [0.15, 0.2) is 0 Å². The van der Waals surface area contributed by atoms with Crippen molar-refractivity contribution < 1.29 is 9.59 Å². The Hall–Kier alpha value is -3.51. The third-order valence-electron chi connectivity index (χ3n) is 5.63. The molecule has 0 bridgehead atoms. The van der Waals surface area contributed by atoms with Gasteiger partial charge in [0, 0.05) is 32.4 Å². The normalized spacial score (nSPS) is 14.5. The fourth-order valence-electron chi connectivity index (χ4n) is 3.99. The lowest BCUT2D eigenvalue weighted by molar-refractivity contribution is -0.144. The summed E-state index contributed by atoms with van der Waals surface area (Å²) in [6.07, 6.45) is 1.60. The molecule has 0 radical (unpaired) electrons. The molecule has 1 N–H and O–H groups in total. The predicted molar refractivity (Wildman–Crippen MR) is 120 cm³/mol. The molecule has 2 amide bonds. The van der Waals surface area contributed by atoms with E-state index in [1.54, 1.807) is 17.2 Å². The fraction of sp³-hybridized carbons (Fsp3) is 0.240. The number of piperazine rings is 1. The number of benzene rings is 2. The summed E-state index contributed by atoms with van der Waals surface area (Å²) in [6, 6.07) is 24.5. The number of nitrogens with one attached hydrogen (secondary N) is 1. The second-order valence-corrected chi connectivity index (χ2v) is 7.68. The molecule has 0 aliphatic carbocycles. The molecule has 2 aromatic carbocycles. The van der Waals surface area contributed by atoms with Gasteiger partial charge in [0.25, 0.3) is 0 Å². The highest BCUT2D eigenvalue weighted by Crippen LogP contribution is 2.29. The molecule has 1 fully saturated rings. The number of carbonyl (C=O) groups excluding carboxylic acids is 2. The number of rotatable bonds is 4. The third kappa shape index (κ3) is 4.81. The van der Waals surface area contributed by atoms with Gasteiger partial charge in [-0.1, -0.05) is 66.7 Å². The van der Waals surface area contributed by atoms with Gasteiger partial charge in [0.05, 0.1) is 6.04 Å². The van der Waals surface area contributed by atoms with E-state index in [1.165, 1.54) is 11.1 Å². The van der Waals surface area contributed by atoms with Gasteiger partial charge in [-0.05, 0) is 29.7 Å². The lowest BCUT2D eigenvalue weighted by Crippen LogP contribution is -2.52. The number of anilines is 1. The molecular formula is C25H26N4O2. The molecule has 0 atom stereocenters. The highest BCUT2D eigenvalue weighted by molar-refractivity contribution is 6.39. The van der Waals surface area contributed by atoms with E-state index in [2.05, 4.69) is 63.7 Å². The Morgan fingerprint density at radius 3 is 1.97 bits per heavy atom. The quantitative estimate of drug-likeness (QED) is 0.666. The summed E-state index contributed by atoms with van der Waals surface area (Å²) in [4.78, 5) is 33.3. The van der Waals surface area contributed by atoms with Crippen molar-refractivity contribution in [3.8, 4) is 0 Å². The van der Waals surface area contributed by atoms with Crippen LogP contribution in [-0.4, -0.2) is 52.8 Å². The van der Waals surface area contributed by atoms with Crippen LogP contribution in [0.5, 0.6) is 0 Å². The first kappa shape index (κ1) is 20.8. The van der Waals surface area contributed by atoms with Crippen LogP contribution in [0.1, 0.15) is 22.7 Å². The summed E-state index contributed by atoms with van der Waals surface area (Å²) in [6.45, 7) is 4.23. The number of aryl methyl sites for hydroxylation is 1. The maximum atomic E-state index is 12.7. The van der Waals surface area contributed by atoms with Crippen LogP contribution in [0.25, 0.3) is 0 Å². The van der Waals surface area contributed by atoms with E-state index in [-0.39, 0.29) is 6.04 Å². The molecule has 0 spiro atoms. The first-order valence-corrected chi connectivity index (χ1v) is 10.5. The zero-order valence-electron chi connectivity index (χ0n) is 17.6. The zero-order chi connectivity index (χ0) is 21.6. The summed E-state index contributed by atoms with van der Waals surface area (Å²) < 4.78 is 0. The smallest absolute Gasteiger partial charge is 0.315 e. The van der Waals surface area contributed by atoms with E-state index in [0.717, 1.165) is 5.56 Å². The summed E-state index contributed by atoms with van der Waals surface area (Å²) >= 11 is 0. The van der Waals surface area contributed by atoms with Crippen LogP contribution in [0.2, 0.25) is 0 Å². The first-order chi connectivity index (χ1) is 15.1. The lowest BCUT2D eigenvalue weighted by Gasteiger charge is -2.39. The van der Waals surface area contributed by atoms with Gasteiger partial charge >= 0.3 is 11.8 Å². The van der Waals surface area contributed by atoms with E-state index in [9.17, 15) is 9.59 Å². The first-order valence-electron chi connectivity index (χ1n) is 10.5. The van der Waals surface area contributed by atoms with E-state index in [1.807, 2.05) is 25.1 Å². The van der Waals surface area contributed by atoms with Crippen molar-refractivity contribution in [1.29, 1.82) is 0 Å². The second kappa shape index (κ2) is 9.53. The number of hydrogen-bond acceptors (Lipinski definition) is 4. The Bertz CT molecular complexity index is 992. The minimum atomic E-state index is -0.641. The molecule has 31 heavy (non-hydrogen) atoms. The van der Waals surface area contributed by atoms with Crippen molar-refractivity contribution in [3.63, 3.8) is 0 Å². The molecule has 2 heterocycles. The topological polar surface area (TPSA) is 65.5 Å². The van der Waals surface area contributed by atoms with Crippen LogP contribution in [0.4, 0.5) is 5.82 Å². The maximum Gasteiger partial charge on any atom is 0.315 e. The lowest BCUT2D eigenvalue weighted by atomic mass is 9.96. The van der Waals surface area contributed by atoms with Gasteiger partial charge in [-0.2, -0.15) is 0 Å². The van der Waals surface area contributed by atoms with Crippen molar-refractivity contribution >= 4 is 17.6 Å². The van der Waals surface area contributed by atoms with Crippen LogP contribution in [0, 0.1) is 6.92 Å². The number of amides is 2. The van der Waals surface area contributed by atoms with Crippen LogP contribution in [0.15, 0.2) is 79.0 Å². The molecule has 158 valence electrons. The summed E-state index contributed by atoms with van der Waals surface area (Å²) in [5, 5.41) is 2.64. The average molecular weight is 415 g/mol. The van der Waals surface area contributed by atoms with E-state index >= 15 is 0 Å². The predicted octanol–water partition coefficient (Wildman–Crippen LogP) is 3.26. The van der Waals surface area contributed by atoms with Gasteiger partial charge in [-0.15, -0.1) is 0 Å². The maximum absolute atomic E-state index is 12.7. The molecule has 0 unspecified atom stereocenters. The molecule has 4 rings (SSSR count). The number of hydrogen-bond donors (Lipinski definition) is 1. The number of carbonyl (C=O) groups is 2. The highest BCUT2D eigenvalue weighted by Gasteiger charge is 2.30. The number of aromatic nitrogens is 1. The van der Waals surface area contributed by atoms with Crippen molar-refractivity contribution in [1.82, 2.24) is 14.8 Å². The summed E-state index contributed by atoms with van der Waals surface area (Å²) in [5.74, 6) is -0.730. The standard InChI is InChI=1S/C25H26N4O2/c1-19-9-8-14-26-23(19)27-24(30)25(31)29-17-15-28(16-18-29)22(20-10-4-2-5-11-20)21-12-6-3-7-13-21/h2-14,22H,15-18H2,1H3,(H,26,27,30). The van der Waals surface area contributed by atoms with Gasteiger partial charge in [-0.25, -0.2) is 4.98 Å². The van der Waals surface area contributed by atoms with E-state index < -0.39 is 11.8 Å². The fourth-order valence-corrected chi connectivity index (χ4v) is 3.99. The van der Waals surface area contributed by atoms with Gasteiger partial charge in [0.1, 0.15) is 5.82 Å². The second-order valence-electron chi connectivity index (χ2n) is 7.68. The molecule has 0 saturated carbocycles. The molecule has 6 nitrogen and oxygen atoms in total. The largest absolute Gasteiger partial charge is 0.332 e. The molecule has 1 aromatic heterocycles. The van der Waals surface area contributed by atoms with Gasteiger partial charge in [0.2, 0.25) is 0 Å². The Morgan fingerprint density at radius 2 is 1.42 bits per heavy atom.